The van der Waals surface area contributed by atoms with E-state index in [2.05, 4.69) is 5.32 Å². The van der Waals surface area contributed by atoms with Gasteiger partial charge in [0.2, 0.25) is 0 Å². The molecular formula is C17H24F2N2O2. The summed E-state index contributed by atoms with van der Waals surface area (Å²) in [5.74, 6) is 0. The lowest BCUT2D eigenvalue weighted by atomic mass is 9.98. The molecule has 1 N–H and O–H groups in total. The van der Waals surface area contributed by atoms with Crippen LogP contribution in [0.2, 0.25) is 0 Å². The monoisotopic (exact) mass is 326 g/mol. The number of nitrogens with zero attached hydrogens (tertiary/aromatic N) is 1. The highest BCUT2D eigenvalue weighted by Crippen LogP contribution is 2.28. The molecule has 0 saturated carbocycles. The van der Waals surface area contributed by atoms with Crippen molar-refractivity contribution in [3.05, 3.63) is 29.3 Å². The number of ether oxygens (including phenoxy) is 1. The van der Waals surface area contributed by atoms with E-state index in [1.807, 2.05) is 32.9 Å². The number of carbonyl (C=O) groups excluding carboxylic acids is 1. The van der Waals surface area contributed by atoms with Crippen LogP contribution in [0.15, 0.2) is 18.2 Å². The number of anilines is 1. The van der Waals surface area contributed by atoms with E-state index in [-0.39, 0.29) is 6.09 Å². The number of hydrogen-bond acceptors (Lipinski definition) is 3. The van der Waals surface area contributed by atoms with E-state index in [0.29, 0.717) is 25.2 Å². The third-order valence-electron chi connectivity index (χ3n) is 3.69. The Morgan fingerprint density at radius 2 is 2.04 bits per heavy atom. The fraction of sp³-hybridized carbons (Fsp3) is 0.588. The number of alkyl halides is 2. The Kier molecular flexibility index (Phi) is 5.12. The molecule has 0 fully saturated rings. The van der Waals surface area contributed by atoms with Crippen LogP contribution in [0.3, 0.4) is 0 Å². The number of halogens is 2. The van der Waals surface area contributed by atoms with Crippen LogP contribution < -0.4 is 5.32 Å². The molecule has 2 rings (SSSR count). The molecule has 1 amide bonds. The summed E-state index contributed by atoms with van der Waals surface area (Å²) in [6.45, 7) is 7.83. The molecule has 0 aromatic heterocycles. The molecule has 0 aliphatic carbocycles. The van der Waals surface area contributed by atoms with Gasteiger partial charge in [-0.15, -0.1) is 0 Å². The van der Waals surface area contributed by atoms with Crippen molar-refractivity contribution in [3.63, 3.8) is 0 Å². The molecule has 1 aromatic carbocycles. The highest BCUT2D eigenvalue weighted by molar-refractivity contribution is 5.70. The Morgan fingerprint density at radius 1 is 1.35 bits per heavy atom. The maximum atomic E-state index is 12.8. The largest absolute Gasteiger partial charge is 0.444 e. The number of nitrogens with one attached hydrogen (secondary N) is 1. The number of benzene rings is 1. The quantitative estimate of drug-likeness (QED) is 0.911. The highest BCUT2D eigenvalue weighted by atomic mass is 19.3. The Labute approximate surface area is 135 Å². The first-order valence-corrected chi connectivity index (χ1v) is 7.81. The molecule has 0 radical (unpaired) electrons. The van der Waals surface area contributed by atoms with Crippen molar-refractivity contribution in [2.75, 3.05) is 11.9 Å². The number of rotatable bonds is 3. The van der Waals surface area contributed by atoms with Crippen LogP contribution in [0.1, 0.15) is 38.8 Å². The average molecular weight is 326 g/mol. The van der Waals surface area contributed by atoms with Gasteiger partial charge in [-0.1, -0.05) is 12.1 Å². The zero-order chi connectivity index (χ0) is 17.2. The number of fused-ring (bicyclic) bond motifs is 1. The Hall–Kier alpha value is -1.85. The number of carbonyl (C=O) groups is 1. The highest BCUT2D eigenvalue weighted by Gasteiger charge is 2.27. The predicted octanol–water partition coefficient (Wildman–Crippen LogP) is 4.05. The van der Waals surface area contributed by atoms with Crippen molar-refractivity contribution in [1.82, 2.24) is 4.90 Å². The second-order valence-corrected chi connectivity index (χ2v) is 6.86. The molecule has 0 spiro atoms. The summed E-state index contributed by atoms with van der Waals surface area (Å²) < 4.78 is 31.0. The SMILES string of the molecule is CC(Nc1cccc2c1CN(C(=O)OC(C)(C)C)CC2)C(F)F. The first-order valence-electron chi connectivity index (χ1n) is 7.81. The van der Waals surface area contributed by atoms with E-state index in [9.17, 15) is 13.6 Å². The molecule has 1 aliphatic heterocycles. The zero-order valence-electron chi connectivity index (χ0n) is 14.0. The molecule has 1 unspecified atom stereocenters. The second kappa shape index (κ2) is 6.72. The maximum absolute atomic E-state index is 12.8. The lowest BCUT2D eigenvalue weighted by Gasteiger charge is -2.32. The van der Waals surface area contributed by atoms with Gasteiger partial charge in [0.05, 0.1) is 12.6 Å². The van der Waals surface area contributed by atoms with Crippen molar-refractivity contribution in [2.45, 2.75) is 58.7 Å². The smallest absolute Gasteiger partial charge is 0.410 e. The lowest BCUT2D eigenvalue weighted by Crippen LogP contribution is -2.40. The van der Waals surface area contributed by atoms with Gasteiger partial charge in [0, 0.05) is 12.2 Å². The van der Waals surface area contributed by atoms with Gasteiger partial charge in [-0.2, -0.15) is 0 Å². The summed E-state index contributed by atoms with van der Waals surface area (Å²) in [5.41, 5.74) is 2.07. The van der Waals surface area contributed by atoms with Crippen molar-refractivity contribution >= 4 is 11.8 Å². The van der Waals surface area contributed by atoms with Crippen molar-refractivity contribution < 1.29 is 18.3 Å². The van der Waals surface area contributed by atoms with Crippen molar-refractivity contribution in [1.29, 1.82) is 0 Å². The summed E-state index contributed by atoms with van der Waals surface area (Å²) >= 11 is 0. The Bertz CT molecular complexity index is 570. The van der Waals surface area contributed by atoms with Crippen LogP contribution >= 0.6 is 0 Å². The minimum Gasteiger partial charge on any atom is -0.444 e. The third-order valence-corrected chi connectivity index (χ3v) is 3.69. The second-order valence-electron chi connectivity index (χ2n) is 6.86. The van der Waals surface area contributed by atoms with Gasteiger partial charge in [-0.3, -0.25) is 0 Å². The molecule has 1 aromatic rings. The molecule has 4 nitrogen and oxygen atoms in total. The van der Waals surface area contributed by atoms with E-state index in [1.54, 1.807) is 11.0 Å². The molecule has 0 bridgehead atoms. The fourth-order valence-corrected chi connectivity index (χ4v) is 2.51. The number of amides is 1. The average Bonchev–Trinajstić information content (AvgIpc) is 2.45. The minimum atomic E-state index is -2.45. The van der Waals surface area contributed by atoms with Gasteiger partial charge >= 0.3 is 6.09 Å². The van der Waals surface area contributed by atoms with Crippen LogP contribution in [0, 0.1) is 0 Å². The summed E-state index contributed by atoms with van der Waals surface area (Å²) in [4.78, 5) is 13.8. The molecule has 23 heavy (non-hydrogen) atoms. The van der Waals surface area contributed by atoms with Crippen LogP contribution in [-0.2, 0) is 17.7 Å². The Balaban J connectivity index is 2.17. The molecule has 128 valence electrons. The lowest BCUT2D eigenvalue weighted by molar-refractivity contribution is 0.0224. The van der Waals surface area contributed by atoms with Crippen LogP contribution in [-0.4, -0.2) is 35.6 Å². The fourth-order valence-electron chi connectivity index (χ4n) is 2.51. The normalized spacial score (nSPS) is 16.0. The molecule has 0 saturated heterocycles. The standard InChI is InChI=1S/C17H24F2N2O2/c1-11(15(18)19)20-14-7-5-6-12-8-9-21(10-13(12)14)16(22)23-17(2,3)4/h5-7,11,15,20H,8-10H2,1-4H3. The van der Waals surface area contributed by atoms with Gasteiger partial charge in [-0.25, -0.2) is 13.6 Å². The first-order chi connectivity index (χ1) is 10.7. The summed E-state index contributed by atoms with van der Waals surface area (Å²) in [6, 6.07) is 4.65. The summed E-state index contributed by atoms with van der Waals surface area (Å²) in [6.07, 6.45) is -2.14. The third kappa shape index (κ3) is 4.56. The predicted molar refractivity (Wildman–Crippen MR) is 85.9 cm³/mol. The van der Waals surface area contributed by atoms with Crippen molar-refractivity contribution in [3.8, 4) is 0 Å². The molecular weight excluding hydrogens is 302 g/mol. The van der Waals surface area contributed by atoms with Crippen LogP contribution in [0.4, 0.5) is 19.3 Å². The minimum absolute atomic E-state index is 0.364. The van der Waals surface area contributed by atoms with Crippen LogP contribution in [0.5, 0.6) is 0 Å². The van der Waals surface area contributed by atoms with E-state index >= 15 is 0 Å². The van der Waals surface area contributed by atoms with E-state index in [1.165, 1.54) is 6.92 Å². The van der Waals surface area contributed by atoms with Crippen LogP contribution in [0.25, 0.3) is 0 Å². The van der Waals surface area contributed by atoms with Gasteiger partial charge in [0.25, 0.3) is 6.43 Å². The number of hydrogen-bond donors (Lipinski definition) is 1. The van der Waals surface area contributed by atoms with E-state index in [0.717, 1.165) is 11.1 Å². The van der Waals surface area contributed by atoms with E-state index in [4.69, 9.17) is 4.74 Å². The Morgan fingerprint density at radius 3 is 2.65 bits per heavy atom. The van der Waals surface area contributed by atoms with E-state index < -0.39 is 18.1 Å². The molecule has 1 aliphatic rings. The molecule has 6 heteroatoms. The van der Waals surface area contributed by atoms with Gasteiger partial charge < -0.3 is 15.0 Å². The van der Waals surface area contributed by atoms with Gasteiger partial charge in [-0.05, 0) is 51.3 Å². The summed E-state index contributed by atoms with van der Waals surface area (Å²) in [7, 11) is 0. The summed E-state index contributed by atoms with van der Waals surface area (Å²) in [5, 5.41) is 2.85. The zero-order valence-corrected chi connectivity index (χ0v) is 14.0. The topological polar surface area (TPSA) is 41.6 Å². The molecule has 1 atom stereocenters. The van der Waals surface area contributed by atoms with Gasteiger partial charge in [0.15, 0.2) is 0 Å². The first kappa shape index (κ1) is 17.5. The maximum Gasteiger partial charge on any atom is 0.410 e. The van der Waals surface area contributed by atoms with Crippen molar-refractivity contribution in [2.24, 2.45) is 0 Å². The van der Waals surface area contributed by atoms with Gasteiger partial charge in [0.1, 0.15) is 5.60 Å². The molecule has 1 heterocycles.